The van der Waals surface area contributed by atoms with Gasteiger partial charge in [-0.3, -0.25) is 0 Å². The van der Waals surface area contributed by atoms with Gasteiger partial charge >= 0.3 is 0 Å². The molecule has 2 aliphatic carbocycles. The van der Waals surface area contributed by atoms with Crippen LogP contribution >= 0.6 is 0 Å². The zero-order chi connectivity index (χ0) is 20.8. The highest BCUT2D eigenvalue weighted by Crippen LogP contribution is 2.40. The molecule has 4 aromatic rings. The molecule has 0 fully saturated rings. The molecule has 1 heteroatoms. The van der Waals surface area contributed by atoms with Gasteiger partial charge in [0.2, 0.25) is 0 Å². The van der Waals surface area contributed by atoms with Crippen LogP contribution in [0.25, 0.3) is 33.9 Å². The van der Waals surface area contributed by atoms with E-state index in [1.54, 1.807) is 11.1 Å². The molecule has 0 atom stereocenters. The Morgan fingerprint density at radius 3 is 2.00 bits per heavy atom. The van der Waals surface area contributed by atoms with Crippen molar-refractivity contribution in [2.75, 3.05) is 0 Å². The molecule has 0 bridgehead atoms. The van der Waals surface area contributed by atoms with Crippen molar-refractivity contribution in [1.29, 1.82) is 0 Å². The van der Waals surface area contributed by atoms with Crippen LogP contribution in [0.3, 0.4) is 0 Å². The summed E-state index contributed by atoms with van der Waals surface area (Å²) in [5, 5.41) is 0. The topological polar surface area (TPSA) is 0 Å². The highest BCUT2D eigenvalue weighted by molar-refractivity contribution is 5.87. The SMILES string of the molecule is Fc1ccc(-c2ccc(C3=Cc4ccc5c(c4CC3)CCc3ccccc3-5)cc2)cc1. The molecule has 0 N–H and O–H groups in total. The van der Waals surface area contributed by atoms with Crippen molar-refractivity contribution in [2.45, 2.75) is 25.7 Å². The Kier molecular flexibility index (Phi) is 4.35. The first kappa shape index (κ1) is 18.3. The standard InChI is InChI=1S/C30H23F/c31-26-14-9-21(10-15-26)20-5-7-22(8-6-20)24-12-16-28-25(19-24)13-18-29-27-4-2-1-3-23(27)11-17-30(28)29/h1-10,13-15,18-19H,11-12,16-17H2. The lowest BCUT2D eigenvalue weighted by atomic mass is 9.78. The molecule has 0 aliphatic heterocycles. The first-order chi connectivity index (χ1) is 15.3. The van der Waals surface area contributed by atoms with E-state index in [0.29, 0.717) is 0 Å². The van der Waals surface area contributed by atoms with Crippen LogP contribution in [0.4, 0.5) is 4.39 Å². The fourth-order valence-electron chi connectivity index (χ4n) is 5.21. The predicted octanol–water partition coefficient (Wildman–Crippen LogP) is 7.75. The minimum absolute atomic E-state index is 0.197. The molecule has 0 amide bonds. The van der Waals surface area contributed by atoms with E-state index >= 15 is 0 Å². The third-order valence-corrected chi connectivity index (χ3v) is 6.83. The maximum atomic E-state index is 13.2. The monoisotopic (exact) mass is 402 g/mol. The Morgan fingerprint density at radius 1 is 0.516 bits per heavy atom. The molecule has 0 saturated carbocycles. The van der Waals surface area contributed by atoms with Crippen molar-refractivity contribution in [3.05, 3.63) is 119 Å². The summed E-state index contributed by atoms with van der Waals surface area (Å²) in [6, 6.07) is 28.9. The van der Waals surface area contributed by atoms with Crippen LogP contribution in [0.5, 0.6) is 0 Å². The van der Waals surface area contributed by atoms with Gasteiger partial charge in [-0.1, -0.05) is 78.9 Å². The lowest BCUT2D eigenvalue weighted by Gasteiger charge is -2.26. The molecular formula is C30H23F. The summed E-state index contributed by atoms with van der Waals surface area (Å²) in [6.45, 7) is 0. The molecule has 4 aromatic carbocycles. The van der Waals surface area contributed by atoms with Crippen LogP contribution in [0, 0.1) is 5.82 Å². The van der Waals surface area contributed by atoms with Crippen molar-refractivity contribution in [3.8, 4) is 22.3 Å². The van der Waals surface area contributed by atoms with Crippen molar-refractivity contribution >= 4 is 11.6 Å². The molecule has 0 unspecified atom stereocenters. The van der Waals surface area contributed by atoms with Crippen LogP contribution in [-0.2, 0) is 19.3 Å². The molecule has 0 nitrogen and oxygen atoms in total. The predicted molar refractivity (Wildman–Crippen MR) is 127 cm³/mol. The molecule has 0 spiro atoms. The molecule has 0 radical (unpaired) electrons. The Bertz CT molecular complexity index is 1310. The number of aryl methyl sites for hydroxylation is 1. The first-order valence-corrected chi connectivity index (χ1v) is 11.1. The van der Waals surface area contributed by atoms with Gasteiger partial charge in [-0.2, -0.15) is 0 Å². The lowest BCUT2D eigenvalue weighted by molar-refractivity contribution is 0.628. The second-order valence-corrected chi connectivity index (χ2v) is 8.57. The van der Waals surface area contributed by atoms with Gasteiger partial charge in [0.1, 0.15) is 5.82 Å². The van der Waals surface area contributed by atoms with Gasteiger partial charge in [-0.15, -0.1) is 0 Å². The quantitative estimate of drug-likeness (QED) is 0.322. The molecule has 6 rings (SSSR count). The van der Waals surface area contributed by atoms with Gasteiger partial charge in [-0.25, -0.2) is 4.39 Å². The number of hydrogen-bond donors (Lipinski definition) is 0. The lowest BCUT2D eigenvalue weighted by Crippen LogP contribution is -2.10. The third-order valence-electron chi connectivity index (χ3n) is 6.83. The van der Waals surface area contributed by atoms with Crippen LogP contribution < -0.4 is 0 Å². The van der Waals surface area contributed by atoms with Gasteiger partial charge in [0.25, 0.3) is 0 Å². The summed E-state index contributed by atoms with van der Waals surface area (Å²) in [5.74, 6) is -0.197. The van der Waals surface area contributed by atoms with Crippen molar-refractivity contribution < 1.29 is 4.39 Å². The van der Waals surface area contributed by atoms with E-state index in [0.717, 1.165) is 36.8 Å². The number of hydrogen-bond acceptors (Lipinski definition) is 0. The van der Waals surface area contributed by atoms with E-state index in [1.165, 1.54) is 45.5 Å². The Balaban J connectivity index is 1.34. The van der Waals surface area contributed by atoms with Crippen LogP contribution in [0.15, 0.2) is 84.9 Å². The Hall–Kier alpha value is -3.45. The number of benzene rings is 4. The van der Waals surface area contributed by atoms with Gasteiger partial charge in [-0.05, 0) is 93.5 Å². The third kappa shape index (κ3) is 3.21. The van der Waals surface area contributed by atoms with E-state index < -0.39 is 0 Å². The average Bonchev–Trinajstić information content (AvgIpc) is 2.84. The minimum Gasteiger partial charge on any atom is -0.207 e. The molecule has 2 aliphatic rings. The fourth-order valence-corrected chi connectivity index (χ4v) is 5.21. The van der Waals surface area contributed by atoms with Crippen molar-refractivity contribution in [1.82, 2.24) is 0 Å². The van der Waals surface area contributed by atoms with Crippen molar-refractivity contribution in [3.63, 3.8) is 0 Å². The molecule has 150 valence electrons. The van der Waals surface area contributed by atoms with Gasteiger partial charge < -0.3 is 0 Å². The second-order valence-electron chi connectivity index (χ2n) is 8.57. The summed E-state index contributed by atoms with van der Waals surface area (Å²) >= 11 is 0. The van der Waals surface area contributed by atoms with Gasteiger partial charge in [0.05, 0.1) is 0 Å². The van der Waals surface area contributed by atoms with Gasteiger partial charge in [0.15, 0.2) is 0 Å². The molecule has 0 saturated heterocycles. The zero-order valence-electron chi connectivity index (χ0n) is 17.4. The summed E-state index contributed by atoms with van der Waals surface area (Å²) in [4.78, 5) is 0. The van der Waals surface area contributed by atoms with Gasteiger partial charge in [0, 0.05) is 0 Å². The highest BCUT2D eigenvalue weighted by atomic mass is 19.1. The summed E-state index contributed by atoms with van der Waals surface area (Å²) in [7, 11) is 0. The van der Waals surface area contributed by atoms with E-state index in [9.17, 15) is 4.39 Å². The summed E-state index contributed by atoms with van der Waals surface area (Å²) in [5.41, 5.74) is 13.6. The zero-order valence-corrected chi connectivity index (χ0v) is 17.4. The van der Waals surface area contributed by atoms with Crippen LogP contribution in [-0.4, -0.2) is 0 Å². The Labute approximate surface area is 182 Å². The number of fused-ring (bicyclic) bond motifs is 5. The van der Waals surface area contributed by atoms with E-state index in [1.807, 2.05) is 12.1 Å². The largest absolute Gasteiger partial charge is 0.207 e. The maximum absolute atomic E-state index is 13.2. The smallest absolute Gasteiger partial charge is 0.123 e. The van der Waals surface area contributed by atoms with E-state index in [2.05, 4.69) is 66.7 Å². The number of halogens is 1. The molecule has 31 heavy (non-hydrogen) atoms. The van der Waals surface area contributed by atoms with E-state index in [-0.39, 0.29) is 5.82 Å². The second kappa shape index (κ2) is 7.35. The summed E-state index contributed by atoms with van der Waals surface area (Å²) in [6.07, 6.45) is 6.84. The van der Waals surface area contributed by atoms with Crippen LogP contribution in [0.1, 0.15) is 34.2 Å². The molecular weight excluding hydrogens is 379 g/mol. The average molecular weight is 403 g/mol. The highest BCUT2D eigenvalue weighted by Gasteiger charge is 2.22. The minimum atomic E-state index is -0.197. The first-order valence-electron chi connectivity index (χ1n) is 11.1. The molecule has 0 aromatic heterocycles. The van der Waals surface area contributed by atoms with Crippen molar-refractivity contribution in [2.24, 2.45) is 0 Å². The maximum Gasteiger partial charge on any atom is 0.123 e. The van der Waals surface area contributed by atoms with Crippen LogP contribution in [0.2, 0.25) is 0 Å². The Morgan fingerprint density at radius 2 is 1.19 bits per heavy atom. The normalized spacial score (nSPS) is 14.3. The summed E-state index contributed by atoms with van der Waals surface area (Å²) < 4.78 is 13.2. The fraction of sp³-hybridized carbons (Fsp3) is 0.133. The number of allylic oxidation sites excluding steroid dienone is 1. The molecule has 0 heterocycles. The van der Waals surface area contributed by atoms with E-state index in [4.69, 9.17) is 0 Å². The number of rotatable bonds is 2.